The number of Topliss-reactive ketones (excluding diaryl/α,β-unsaturated/α-hetero) is 1. The van der Waals surface area contributed by atoms with Crippen molar-refractivity contribution in [1.82, 2.24) is 4.98 Å². The van der Waals surface area contributed by atoms with E-state index in [1.807, 2.05) is 6.07 Å². The molecule has 0 bridgehead atoms. The van der Waals surface area contributed by atoms with Crippen molar-refractivity contribution in [2.75, 3.05) is 7.11 Å². The third-order valence-corrected chi connectivity index (χ3v) is 4.98. The number of carbonyl (C=O) groups excluding carboxylic acids is 2. The Morgan fingerprint density at radius 2 is 2.10 bits per heavy atom. The van der Waals surface area contributed by atoms with Gasteiger partial charge in [-0.1, -0.05) is 6.07 Å². The molecule has 7 heteroatoms. The Balaban J connectivity index is 1.64. The number of fused-ring (bicyclic) bond motifs is 4. The minimum absolute atomic E-state index is 0.0663. The zero-order valence-corrected chi connectivity index (χ0v) is 15.4. The second-order valence-corrected chi connectivity index (χ2v) is 6.64. The van der Waals surface area contributed by atoms with Crippen molar-refractivity contribution >= 4 is 17.8 Å². The fourth-order valence-corrected chi connectivity index (χ4v) is 3.65. The van der Waals surface area contributed by atoms with Crippen molar-refractivity contribution in [2.45, 2.75) is 12.3 Å². The molecule has 0 radical (unpaired) electrons. The number of ketones is 1. The van der Waals surface area contributed by atoms with E-state index in [9.17, 15) is 9.59 Å². The second-order valence-electron chi connectivity index (χ2n) is 6.64. The van der Waals surface area contributed by atoms with Crippen molar-refractivity contribution < 1.29 is 28.2 Å². The van der Waals surface area contributed by atoms with Crippen LogP contribution in [-0.4, -0.2) is 23.8 Å². The fourth-order valence-electron chi connectivity index (χ4n) is 3.65. The monoisotopic (exact) mass is 389 g/mol. The van der Waals surface area contributed by atoms with Crippen LogP contribution in [-0.2, 0) is 9.53 Å². The van der Waals surface area contributed by atoms with Gasteiger partial charge in [-0.2, -0.15) is 0 Å². The summed E-state index contributed by atoms with van der Waals surface area (Å²) in [6.45, 7) is 0. The van der Waals surface area contributed by atoms with E-state index in [4.69, 9.17) is 18.6 Å². The molecule has 5 rings (SSSR count). The highest BCUT2D eigenvalue weighted by atomic mass is 16.5. The number of aromatic nitrogens is 1. The van der Waals surface area contributed by atoms with Crippen LogP contribution in [0.2, 0.25) is 0 Å². The summed E-state index contributed by atoms with van der Waals surface area (Å²) < 4.78 is 22.1. The van der Waals surface area contributed by atoms with E-state index in [1.54, 1.807) is 42.6 Å². The Hall–Kier alpha value is -3.87. The summed E-state index contributed by atoms with van der Waals surface area (Å²) in [7, 11) is 1.34. The zero-order valence-electron chi connectivity index (χ0n) is 15.4. The molecule has 3 aromatic rings. The van der Waals surface area contributed by atoms with Crippen LogP contribution in [0.5, 0.6) is 17.4 Å². The van der Waals surface area contributed by atoms with Gasteiger partial charge < -0.3 is 18.6 Å². The van der Waals surface area contributed by atoms with Gasteiger partial charge in [0.15, 0.2) is 5.76 Å². The summed E-state index contributed by atoms with van der Waals surface area (Å²) in [6, 6.07) is 10.4. The van der Waals surface area contributed by atoms with Gasteiger partial charge in [0.05, 0.1) is 25.4 Å². The maximum Gasteiger partial charge on any atom is 0.306 e. The van der Waals surface area contributed by atoms with Crippen LogP contribution in [0.1, 0.15) is 39.6 Å². The van der Waals surface area contributed by atoms with Gasteiger partial charge in [0.1, 0.15) is 17.3 Å². The molecular weight excluding hydrogens is 374 g/mol. The predicted molar refractivity (Wildman–Crippen MR) is 101 cm³/mol. The van der Waals surface area contributed by atoms with Crippen molar-refractivity contribution in [3.63, 3.8) is 0 Å². The van der Waals surface area contributed by atoms with Crippen molar-refractivity contribution in [3.05, 3.63) is 77.1 Å². The Labute approximate surface area is 165 Å². The molecule has 0 fully saturated rings. The number of esters is 1. The fraction of sp³-hybridized carbons (Fsp3) is 0.136. The first kappa shape index (κ1) is 17.2. The molecule has 0 spiro atoms. The van der Waals surface area contributed by atoms with Crippen molar-refractivity contribution in [1.29, 1.82) is 0 Å². The molecule has 0 amide bonds. The average Bonchev–Trinajstić information content (AvgIpc) is 3.36. The lowest BCUT2D eigenvalue weighted by molar-refractivity contribution is -0.140. The van der Waals surface area contributed by atoms with Gasteiger partial charge in [-0.05, 0) is 30.3 Å². The quantitative estimate of drug-likeness (QED) is 0.492. The molecule has 0 saturated carbocycles. The van der Waals surface area contributed by atoms with Crippen LogP contribution in [0.3, 0.4) is 0 Å². The third-order valence-electron chi connectivity index (χ3n) is 4.98. The first-order valence-electron chi connectivity index (χ1n) is 9.00. The third kappa shape index (κ3) is 2.79. The summed E-state index contributed by atoms with van der Waals surface area (Å²) in [5.74, 6) is 0.901. The number of carbonyl (C=O) groups is 2. The van der Waals surface area contributed by atoms with Gasteiger partial charge in [0, 0.05) is 29.3 Å². The zero-order chi connectivity index (χ0) is 20.0. The normalized spacial score (nSPS) is 17.8. The number of methoxy groups -OCH3 is 1. The molecule has 2 aliphatic rings. The van der Waals surface area contributed by atoms with E-state index < -0.39 is 5.92 Å². The Kier molecular flexibility index (Phi) is 3.94. The van der Waals surface area contributed by atoms with Gasteiger partial charge in [-0.3, -0.25) is 9.59 Å². The summed E-state index contributed by atoms with van der Waals surface area (Å²) >= 11 is 0. The molecule has 7 nitrogen and oxygen atoms in total. The van der Waals surface area contributed by atoms with E-state index >= 15 is 0 Å². The lowest BCUT2D eigenvalue weighted by Crippen LogP contribution is -2.16. The van der Waals surface area contributed by atoms with Gasteiger partial charge >= 0.3 is 5.97 Å². The van der Waals surface area contributed by atoms with Crippen LogP contribution < -0.4 is 9.47 Å². The van der Waals surface area contributed by atoms with Crippen LogP contribution in [0.15, 0.2) is 59.0 Å². The molecule has 2 aromatic heterocycles. The number of hydrogen-bond acceptors (Lipinski definition) is 7. The minimum Gasteiger partial charge on any atom is -0.469 e. The number of ether oxygens (including phenoxy) is 3. The SMILES string of the molecule is COC(=O)C[C@@H]1c2cccnc2Oc2ccc3c(c21)O/C(=C\c1ccco1)C3=O. The second kappa shape index (κ2) is 6.63. The summed E-state index contributed by atoms with van der Waals surface area (Å²) in [6.07, 6.45) is 4.75. The first-order valence-corrected chi connectivity index (χ1v) is 9.00. The molecule has 29 heavy (non-hydrogen) atoms. The molecule has 0 aliphatic carbocycles. The molecule has 144 valence electrons. The van der Waals surface area contributed by atoms with Gasteiger partial charge in [0.2, 0.25) is 11.7 Å². The highest BCUT2D eigenvalue weighted by Gasteiger charge is 2.39. The summed E-state index contributed by atoms with van der Waals surface area (Å²) in [4.78, 5) is 29.3. The van der Waals surface area contributed by atoms with E-state index in [1.165, 1.54) is 13.4 Å². The highest BCUT2D eigenvalue weighted by molar-refractivity contribution is 6.15. The predicted octanol–water partition coefficient (Wildman–Crippen LogP) is 4.09. The van der Waals surface area contributed by atoms with E-state index in [2.05, 4.69) is 4.98 Å². The number of rotatable bonds is 3. The molecule has 0 saturated heterocycles. The maximum absolute atomic E-state index is 12.9. The Morgan fingerprint density at radius 3 is 2.90 bits per heavy atom. The molecule has 4 heterocycles. The van der Waals surface area contributed by atoms with Crippen LogP contribution in [0, 0.1) is 0 Å². The number of pyridine rings is 1. The Morgan fingerprint density at radius 1 is 1.21 bits per heavy atom. The summed E-state index contributed by atoms with van der Waals surface area (Å²) in [5, 5.41) is 0. The topological polar surface area (TPSA) is 87.9 Å². The number of allylic oxidation sites excluding steroid dienone is 1. The molecular formula is C22H15NO6. The minimum atomic E-state index is -0.416. The largest absolute Gasteiger partial charge is 0.469 e. The molecule has 2 aliphatic heterocycles. The van der Waals surface area contributed by atoms with Gasteiger partial charge in [-0.25, -0.2) is 4.98 Å². The van der Waals surface area contributed by atoms with E-state index in [-0.39, 0.29) is 23.9 Å². The number of benzene rings is 1. The molecule has 1 aromatic carbocycles. The van der Waals surface area contributed by atoms with Crippen molar-refractivity contribution in [3.8, 4) is 17.4 Å². The summed E-state index contributed by atoms with van der Waals surface area (Å²) in [5.41, 5.74) is 1.77. The van der Waals surface area contributed by atoms with E-state index in [0.29, 0.717) is 34.3 Å². The standard InChI is InChI=1S/C22H15NO6/c1-26-18(24)11-15-13-5-2-8-23-22(13)29-16-7-6-14-20(25)17(28-21(14)19(15)16)10-12-4-3-9-27-12/h2-10,15H,11H2,1H3/b17-10-/t15-/m1/s1. The number of nitrogens with zero attached hydrogens (tertiary/aromatic N) is 1. The highest BCUT2D eigenvalue weighted by Crippen LogP contribution is 2.52. The number of hydrogen-bond donors (Lipinski definition) is 0. The van der Waals surface area contributed by atoms with Gasteiger partial charge in [-0.15, -0.1) is 0 Å². The molecule has 0 N–H and O–H groups in total. The van der Waals surface area contributed by atoms with Gasteiger partial charge in [0.25, 0.3) is 0 Å². The smallest absolute Gasteiger partial charge is 0.306 e. The maximum atomic E-state index is 12.9. The van der Waals surface area contributed by atoms with Crippen LogP contribution >= 0.6 is 0 Å². The van der Waals surface area contributed by atoms with Crippen LogP contribution in [0.25, 0.3) is 6.08 Å². The van der Waals surface area contributed by atoms with Crippen molar-refractivity contribution in [2.24, 2.45) is 0 Å². The molecule has 1 atom stereocenters. The number of furan rings is 1. The average molecular weight is 389 g/mol. The van der Waals surface area contributed by atoms with E-state index in [0.717, 1.165) is 5.56 Å². The molecule has 0 unspecified atom stereocenters. The first-order chi connectivity index (χ1) is 14.2. The van der Waals surface area contributed by atoms with Crippen LogP contribution in [0.4, 0.5) is 0 Å². The lowest BCUT2D eigenvalue weighted by Gasteiger charge is -2.27. The Bertz CT molecular complexity index is 1160. The lowest BCUT2D eigenvalue weighted by atomic mass is 9.85.